The van der Waals surface area contributed by atoms with Gasteiger partial charge in [-0.15, -0.1) is 0 Å². The van der Waals surface area contributed by atoms with Crippen molar-refractivity contribution >= 4 is 0 Å². The maximum atomic E-state index is 9.31. The number of aryl methyl sites for hydroxylation is 1. The van der Waals surface area contributed by atoms with Crippen LogP contribution in [0.1, 0.15) is 35.6 Å². The van der Waals surface area contributed by atoms with Crippen molar-refractivity contribution in [2.45, 2.75) is 31.8 Å². The minimum atomic E-state index is 0.325. The molecule has 2 aromatic rings. The Balaban J connectivity index is 1.82. The van der Waals surface area contributed by atoms with Crippen molar-refractivity contribution in [3.8, 4) is 5.75 Å². The van der Waals surface area contributed by atoms with E-state index in [4.69, 9.17) is 0 Å². The molecule has 1 aromatic carbocycles. The second-order valence-corrected chi connectivity index (χ2v) is 5.31. The highest BCUT2D eigenvalue weighted by Gasteiger charge is 2.20. The van der Waals surface area contributed by atoms with Gasteiger partial charge in [0.1, 0.15) is 5.75 Å². The maximum absolute atomic E-state index is 9.31. The fraction of sp³-hybridized carbons (Fsp3) is 0.375. The first-order valence-corrected chi connectivity index (χ1v) is 6.90. The number of hydrogen-bond donors (Lipinski definition) is 2. The lowest BCUT2D eigenvalue weighted by molar-refractivity contribution is 0.475. The monoisotopic (exact) mass is 256 g/mol. The normalized spacial score (nSPS) is 18.3. The van der Waals surface area contributed by atoms with Crippen LogP contribution in [0.15, 0.2) is 36.7 Å². The zero-order valence-corrected chi connectivity index (χ0v) is 11.3. The molecule has 0 aliphatic heterocycles. The summed E-state index contributed by atoms with van der Waals surface area (Å²) in [5.41, 5.74) is 4.14. The van der Waals surface area contributed by atoms with Crippen molar-refractivity contribution in [3.05, 3.63) is 53.3 Å². The van der Waals surface area contributed by atoms with Crippen LogP contribution in [0, 0.1) is 0 Å². The number of fused-ring (bicyclic) bond motifs is 1. The van der Waals surface area contributed by atoms with Gasteiger partial charge < -0.3 is 15.0 Å². The first kappa shape index (κ1) is 12.3. The van der Waals surface area contributed by atoms with E-state index in [-0.39, 0.29) is 0 Å². The highest BCUT2D eigenvalue weighted by Crippen LogP contribution is 2.30. The molecule has 1 unspecified atom stereocenters. The second kappa shape index (κ2) is 5.10. The molecule has 3 nitrogen and oxygen atoms in total. The molecule has 0 saturated carbocycles. The van der Waals surface area contributed by atoms with Crippen molar-refractivity contribution in [2.24, 2.45) is 0 Å². The first-order chi connectivity index (χ1) is 9.26. The van der Waals surface area contributed by atoms with Gasteiger partial charge in [0.25, 0.3) is 0 Å². The van der Waals surface area contributed by atoms with Crippen molar-refractivity contribution in [2.75, 3.05) is 7.05 Å². The predicted octanol–water partition coefficient (Wildman–Crippen LogP) is 2.84. The number of aromatic hydroxyl groups is 1. The van der Waals surface area contributed by atoms with E-state index in [1.807, 2.05) is 19.2 Å². The number of rotatable bonds is 3. The van der Waals surface area contributed by atoms with Gasteiger partial charge in [-0.05, 0) is 55.1 Å². The third kappa shape index (κ3) is 2.51. The van der Waals surface area contributed by atoms with E-state index in [1.54, 1.807) is 12.1 Å². The van der Waals surface area contributed by atoms with E-state index in [0.717, 1.165) is 6.54 Å². The highest BCUT2D eigenvalue weighted by molar-refractivity contribution is 5.32. The Labute approximate surface area is 113 Å². The van der Waals surface area contributed by atoms with Crippen LogP contribution >= 0.6 is 0 Å². The highest BCUT2D eigenvalue weighted by atomic mass is 16.3. The van der Waals surface area contributed by atoms with E-state index in [0.29, 0.717) is 11.8 Å². The van der Waals surface area contributed by atoms with E-state index in [2.05, 4.69) is 22.3 Å². The van der Waals surface area contributed by atoms with Gasteiger partial charge >= 0.3 is 0 Å². The summed E-state index contributed by atoms with van der Waals surface area (Å²) in [6, 6.07) is 7.95. The number of benzene rings is 1. The number of nitrogens with zero attached hydrogens (tertiary/aromatic N) is 1. The molecule has 3 rings (SSSR count). The molecule has 0 amide bonds. The Morgan fingerprint density at radius 2 is 2.05 bits per heavy atom. The average molecular weight is 256 g/mol. The molecule has 1 atom stereocenters. The fourth-order valence-electron chi connectivity index (χ4n) is 2.95. The molecule has 0 bridgehead atoms. The first-order valence-electron chi connectivity index (χ1n) is 6.90. The number of aromatic nitrogens is 1. The topological polar surface area (TPSA) is 37.2 Å². The Morgan fingerprint density at radius 1 is 1.26 bits per heavy atom. The molecule has 0 spiro atoms. The minimum Gasteiger partial charge on any atom is -0.508 e. The Kier molecular flexibility index (Phi) is 3.30. The lowest BCUT2D eigenvalue weighted by Crippen LogP contribution is -2.20. The van der Waals surface area contributed by atoms with Gasteiger partial charge in [-0.1, -0.05) is 12.1 Å². The van der Waals surface area contributed by atoms with Crippen molar-refractivity contribution in [1.29, 1.82) is 0 Å². The smallest absolute Gasteiger partial charge is 0.115 e. The molecular weight excluding hydrogens is 236 g/mol. The number of phenolic OH excluding ortho intramolecular Hbond substituents is 1. The van der Waals surface area contributed by atoms with Crippen LogP contribution in [0.5, 0.6) is 5.75 Å². The summed E-state index contributed by atoms with van der Waals surface area (Å²) in [7, 11) is 2.04. The van der Waals surface area contributed by atoms with E-state index in [1.165, 1.54) is 36.0 Å². The predicted molar refractivity (Wildman–Crippen MR) is 76.4 cm³/mol. The molecular formula is C16H20N2O. The molecule has 0 saturated heterocycles. The summed E-state index contributed by atoms with van der Waals surface area (Å²) in [6.45, 7) is 0.865. The van der Waals surface area contributed by atoms with Gasteiger partial charge in [-0.25, -0.2) is 0 Å². The van der Waals surface area contributed by atoms with Crippen LogP contribution in [-0.2, 0) is 13.0 Å². The summed E-state index contributed by atoms with van der Waals surface area (Å²) >= 11 is 0. The van der Waals surface area contributed by atoms with Crippen molar-refractivity contribution in [1.82, 2.24) is 9.88 Å². The lowest BCUT2D eigenvalue weighted by atomic mass is 9.91. The van der Waals surface area contributed by atoms with Crippen molar-refractivity contribution < 1.29 is 5.11 Å². The van der Waals surface area contributed by atoms with Crippen LogP contribution in [0.4, 0.5) is 0 Å². The molecule has 2 N–H and O–H groups in total. The Bertz CT molecular complexity index is 557. The zero-order valence-electron chi connectivity index (χ0n) is 11.3. The van der Waals surface area contributed by atoms with Gasteiger partial charge in [-0.2, -0.15) is 0 Å². The van der Waals surface area contributed by atoms with Crippen LogP contribution in [0.3, 0.4) is 0 Å². The zero-order chi connectivity index (χ0) is 13.2. The molecule has 0 fully saturated rings. The third-order valence-corrected chi connectivity index (χ3v) is 3.96. The number of nitrogens with one attached hydrogen (secondary N) is 1. The Hall–Kier alpha value is -1.74. The Morgan fingerprint density at radius 3 is 2.79 bits per heavy atom. The van der Waals surface area contributed by atoms with Crippen LogP contribution in [0.25, 0.3) is 0 Å². The third-order valence-electron chi connectivity index (χ3n) is 3.96. The van der Waals surface area contributed by atoms with Gasteiger partial charge in [0.15, 0.2) is 0 Å². The molecule has 1 heterocycles. The molecule has 1 aliphatic rings. The van der Waals surface area contributed by atoms with E-state index in [9.17, 15) is 5.11 Å². The molecule has 19 heavy (non-hydrogen) atoms. The van der Waals surface area contributed by atoms with Crippen LogP contribution in [0.2, 0.25) is 0 Å². The van der Waals surface area contributed by atoms with E-state index < -0.39 is 0 Å². The van der Waals surface area contributed by atoms with Gasteiger partial charge in [0, 0.05) is 25.0 Å². The van der Waals surface area contributed by atoms with Crippen molar-refractivity contribution in [3.63, 3.8) is 0 Å². The summed E-state index contributed by atoms with van der Waals surface area (Å²) in [6.07, 6.45) is 8.22. The van der Waals surface area contributed by atoms with Gasteiger partial charge in [0.05, 0.1) is 0 Å². The molecule has 1 aromatic heterocycles. The second-order valence-electron chi connectivity index (χ2n) is 5.31. The number of hydrogen-bond acceptors (Lipinski definition) is 2. The standard InChI is InChI=1S/C16H20N2O/c1-17-16-4-2-3-13-10-18(11-15(13)16)9-12-5-7-14(19)8-6-12/h5-8,10-11,16-17,19H,2-4,9H2,1H3. The minimum absolute atomic E-state index is 0.325. The summed E-state index contributed by atoms with van der Waals surface area (Å²) < 4.78 is 2.26. The molecule has 3 heteroatoms. The summed E-state index contributed by atoms with van der Waals surface area (Å²) in [4.78, 5) is 0. The lowest BCUT2D eigenvalue weighted by Gasteiger charge is -2.21. The van der Waals surface area contributed by atoms with Crippen LogP contribution in [-0.4, -0.2) is 16.7 Å². The SMILES string of the molecule is CNC1CCCc2cn(Cc3ccc(O)cc3)cc21. The largest absolute Gasteiger partial charge is 0.508 e. The maximum Gasteiger partial charge on any atom is 0.115 e. The quantitative estimate of drug-likeness (QED) is 0.886. The molecule has 0 radical (unpaired) electrons. The van der Waals surface area contributed by atoms with E-state index >= 15 is 0 Å². The number of phenols is 1. The molecule has 100 valence electrons. The summed E-state index contributed by atoms with van der Waals surface area (Å²) in [5.74, 6) is 0.325. The fourth-order valence-corrected chi connectivity index (χ4v) is 2.95. The van der Waals surface area contributed by atoms with Gasteiger partial charge in [0.2, 0.25) is 0 Å². The molecule has 1 aliphatic carbocycles. The van der Waals surface area contributed by atoms with Gasteiger partial charge in [-0.3, -0.25) is 0 Å². The van der Waals surface area contributed by atoms with Crippen LogP contribution < -0.4 is 5.32 Å². The summed E-state index contributed by atoms with van der Waals surface area (Å²) in [5, 5.41) is 12.7. The average Bonchev–Trinajstić information content (AvgIpc) is 2.83.